The van der Waals surface area contributed by atoms with Crippen LogP contribution in [0.25, 0.3) is 0 Å². The molecule has 2 rings (SSSR count). The van der Waals surface area contributed by atoms with Crippen LogP contribution in [0.15, 0.2) is 23.1 Å². The molecule has 1 amide bonds. The maximum Gasteiger partial charge on any atom is 0.310 e. The monoisotopic (exact) mass is 307 g/mol. The Morgan fingerprint density at radius 2 is 2.10 bits per heavy atom. The zero-order valence-electron chi connectivity index (χ0n) is 12.4. The van der Waals surface area contributed by atoms with Crippen LogP contribution in [-0.4, -0.2) is 23.2 Å². The van der Waals surface area contributed by atoms with Crippen molar-refractivity contribution < 1.29 is 14.7 Å². The zero-order chi connectivity index (χ0) is 15.5. The molecule has 1 aliphatic rings. The van der Waals surface area contributed by atoms with E-state index in [9.17, 15) is 14.7 Å². The predicted molar refractivity (Wildman–Crippen MR) is 83.3 cm³/mol. The lowest BCUT2D eigenvalue weighted by atomic mass is 9.66. The van der Waals surface area contributed by atoms with E-state index in [4.69, 9.17) is 0 Å². The van der Waals surface area contributed by atoms with E-state index in [0.29, 0.717) is 19.4 Å². The van der Waals surface area contributed by atoms with Crippen LogP contribution >= 0.6 is 11.8 Å². The topological polar surface area (TPSA) is 66.4 Å². The van der Waals surface area contributed by atoms with Crippen LogP contribution in [0.2, 0.25) is 0 Å². The van der Waals surface area contributed by atoms with Crippen molar-refractivity contribution in [3.05, 3.63) is 29.3 Å². The Balaban J connectivity index is 1.94. The molecule has 0 saturated heterocycles. The molecule has 21 heavy (non-hydrogen) atoms. The molecule has 2 N–H and O–H groups in total. The number of thioether (sulfide) groups is 1. The molecule has 1 fully saturated rings. The van der Waals surface area contributed by atoms with E-state index in [-0.39, 0.29) is 12.3 Å². The second-order valence-corrected chi connectivity index (χ2v) is 6.56. The maximum atomic E-state index is 12.0. The number of nitrogens with one attached hydrogen (secondary N) is 1. The average molecular weight is 307 g/mol. The smallest absolute Gasteiger partial charge is 0.310 e. The molecule has 0 heterocycles. The molecular weight excluding hydrogens is 286 g/mol. The van der Waals surface area contributed by atoms with E-state index in [2.05, 4.69) is 11.4 Å². The molecule has 0 aliphatic heterocycles. The normalized spacial score (nSPS) is 16.1. The Kier molecular flexibility index (Phi) is 4.93. The van der Waals surface area contributed by atoms with Gasteiger partial charge in [-0.05, 0) is 43.2 Å². The summed E-state index contributed by atoms with van der Waals surface area (Å²) in [6, 6.07) is 6.13. The molecule has 0 unspecified atom stereocenters. The minimum absolute atomic E-state index is 0.0861. The molecule has 4 nitrogen and oxygen atoms in total. The first-order valence-corrected chi connectivity index (χ1v) is 8.33. The SMILES string of the molecule is CSc1cc(C)ccc1CNC(=O)CC1(C(=O)O)CCC1. The lowest BCUT2D eigenvalue weighted by Gasteiger charge is -2.36. The van der Waals surface area contributed by atoms with Crippen molar-refractivity contribution in [1.82, 2.24) is 5.32 Å². The average Bonchev–Trinajstić information content (AvgIpc) is 2.40. The summed E-state index contributed by atoms with van der Waals surface area (Å²) in [5, 5.41) is 12.1. The van der Waals surface area contributed by atoms with Gasteiger partial charge in [-0.1, -0.05) is 18.6 Å². The summed E-state index contributed by atoms with van der Waals surface area (Å²) >= 11 is 1.65. The van der Waals surface area contributed by atoms with Crippen molar-refractivity contribution in [3.8, 4) is 0 Å². The number of carboxylic acid groups (broad SMARTS) is 1. The van der Waals surface area contributed by atoms with E-state index >= 15 is 0 Å². The third kappa shape index (κ3) is 3.59. The molecule has 0 aromatic heterocycles. The summed E-state index contributed by atoms with van der Waals surface area (Å²) in [5.41, 5.74) is 1.44. The van der Waals surface area contributed by atoms with Gasteiger partial charge in [0.05, 0.1) is 5.41 Å². The Labute approximate surface area is 129 Å². The van der Waals surface area contributed by atoms with Crippen molar-refractivity contribution in [2.45, 2.75) is 44.0 Å². The molecule has 0 radical (unpaired) electrons. The first-order chi connectivity index (χ1) is 9.97. The van der Waals surface area contributed by atoms with Gasteiger partial charge in [0.25, 0.3) is 0 Å². The van der Waals surface area contributed by atoms with Gasteiger partial charge < -0.3 is 10.4 Å². The molecule has 5 heteroatoms. The number of hydrogen-bond donors (Lipinski definition) is 2. The zero-order valence-corrected chi connectivity index (χ0v) is 13.3. The van der Waals surface area contributed by atoms with Crippen molar-refractivity contribution in [3.63, 3.8) is 0 Å². The minimum Gasteiger partial charge on any atom is -0.481 e. The van der Waals surface area contributed by atoms with Crippen molar-refractivity contribution in [1.29, 1.82) is 0 Å². The van der Waals surface area contributed by atoms with Gasteiger partial charge in [0, 0.05) is 17.9 Å². The van der Waals surface area contributed by atoms with E-state index in [1.807, 2.05) is 25.3 Å². The second kappa shape index (κ2) is 6.52. The van der Waals surface area contributed by atoms with Gasteiger partial charge in [0.2, 0.25) is 5.91 Å². The summed E-state index contributed by atoms with van der Waals surface area (Å²) in [6.45, 7) is 2.49. The van der Waals surface area contributed by atoms with Crippen molar-refractivity contribution >= 4 is 23.6 Å². The highest BCUT2D eigenvalue weighted by molar-refractivity contribution is 7.98. The minimum atomic E-state index is -0.843. The molecule has 0 spiro atoms. The Morgan fingerprint density at radius 3 is 2.62 bits per heavy atom. The van der Waals surface area contributed by atoms with Crippen LogP contribution in [0.1, 0.15) is 36.8 Å². The largest absolute Gasteiger partial charge is 0.481 e. The van der Waals surface area contributed by atoms with E-state index < -0.39 is 11.4 Å². The van der Waals surface area contributed by atoms with Gasteiger partial charge >= 0.3 is 5.97 Å². The number of carboxylic acids is 1. The molecule has 0 bridgehead atoms. The Morgan fingerprint density at radius 1 is 1.38 bits per heavy atom. The molecule has 1 aromatic rings. The van der Waals surface area contributed by atoms with Crippen LogP contribution in [0.3, 0.4) is 0 Å². The summed E-state index contributed by atoms with van der Waals surface area (Å²) in [6.07, 6.45) is 4.21. The summed E-state index contributed by atoms with van der Waals surface area (Å²) in [5.74, 6) is -1.02. The van der Waals surface area contributed by atoms with Crippen LogP contribution < -0.4 is 5.32 Å². The van der Waals surface area contributed by atoms with Gasteiger partial charge in [-0.3, -0.25) is 9.59 Å². The number of carbonyl (C=O) groups is 2. The van der Waals surface area contributed by atoms with Gasteiger partial charge in [-0.15, -0.1) is 11.8 Å². The highest BCUT2D eigenvalue weighted by atomic mass is 32.2. The first-order valence-electron chi connectivity index (χ1n) is 7.10. The molecule has 1 saturated carbocycles. The fourth-order valence-electron chi connectivity index (χ4n) is 2.63. The Bertz CT molecular complexity index is 552. The number of benzene rings is 1. The number of carbonyl (C=O) groups excluding carboxylic acids is 1. The van der Waals surface area contributed by atoms with E-state index in [0.717, 1.165) is 16.9 Å². The molecule has 114 valence electrons. The number of hydrogen-bond acceptors (Lipinski definition) is 3. The third-order valence-electron chi connectivity index (χ3n) is 4.18. The molecular formula is C16H21NO3S. The van der Waals surface area contributed by atoms with Crippen molar-refractivity contribution in [2.24, 2.45) is 5.41 Å². The molecule has 1 aliphatic carbocycles. The number of aliphatic carboxylic acids is 1. The molecule has 1 aromatic carbocycles. The lowest BCUT2D eigenvalue weighted by molar-refractivity contribution is -0.157. The number of amides is 1. The second-order valence-electron chi connectivity index (χ2n) is 5.71. The summed E-state index contributed by atoms with van der Waals surface area (Å²) < 4.78 is 0. The van der Waals surface area contributed by atoms with Crippen LogP contribution in [0, 0.1) is 12.3 Å². The van der Waals surface area contributed by atoms with Gasteiger partial charge in [-0.2, -0.15) is 0 Å². The van der Waals surface area contributed by atoms with Gasteiger partial charge in [-0.25, -0.2) is 0 Å². The van der Waals surface area contributed by atoms with Gasteiger partial charge in [0.1, 0.15) is 0 Å². The fourth-order valence-corrected chi connectivity index (χ4v) is 3.34. The van der Waals surface area contributed by atoms with E-state index in [1.165, 1.54) is 5.56 Å². The summed E-state index contributed by atoms with van der Waals surface area (Å²) in [4.78, 5) is 24.4. The summed E-state index contributed by atoms with van der Waals surface area (Å²) in [7, 11) is 0. The van der Waals surface area contributed by atoms with Crippen LogP contribution in [0.4, 0.5) is 0 Å². The van der Waals surface area contributed by atoms with E-state index in [1.54, 1.807) is 11.8 Å². The van der Waals surface area contributed by atoms with Crippen molar-refractivity contribution in [2.75, 3.05) is 6.26 Å². The number of rotatable bonds is 6. The Hall–Kier alpha value is -1.49. The maximum absolute atomic E-state index is 12.0. The highest BCUT2D eigenvalue weighted by Gasteiger charge is 2.45. The quantitative estimate of drug-likeness (QED) is 0.793. The van der Waals surface area contributed by atoms with Gasteiger partial charge in [0.15, 0.2) is 0 Å². The molecule has 0 atom stereocenters. The number of aryl methyl sites for hydroxylation is 1. The fraction of sp³-hybridized carbons (Fsp3) is 0.500. The first kappa shape index (κ1) is 15.9. The lowest BCUT2D eigenvalue weighted by Crippen LogP contribution is -2.42. The van der Waals surface area contributed by atoms with Crippen LogP contribution in [-0.2, 0) is 16.1 Å². The van der Waals surface area contributed by atoms with Crippen LogP contribution in [0.5, 0.6) is 0 Å². The standard InChI is InChI=1S/C16H21NO3S/c1-11-4-5-12(13(8-11)21-2)10-17-14(18)9-16(15(19)20)6-3-7-16/h4-5,8H,3,6-7,9-10H2,1-2H3,(H,17,18)(H,19,20). The predicted octanol–water partition coefficient (Wildman–Crippen LogP) is 2.98. The highest BCUT2D eigenvalue weighted by Crippen LogP contribution is 2.44. The third-order valence-corrected chi connectivity index (χ3v) is 5.00.